The molecule has 112 valence electrons. The topological polar surface area (TPSA) is 113 Å². The largest absolute Gasteiger partial charge is 0.481 e. The number of nitrogens with zero attached hydrogens (tertiary/aromatic N) is 1. The van der Waals surface area contributed by atoms with Crippen molar-refractivity contribution in [2.75, 3.05) is 0 Å². The molecule has 2 atom stereocenters. The molecule has 0 bridgehead atoms. The summed E-state index contributed by atoms with van der Waals surface area (Å²) in [6.07, 6.45) is 0. The van der Waals surface area contributed by atoms with Crippen molar-refractivity contribution in [1.82, 2.24) is 0 Å². The van der Waals surface area contributed by atoms with Crippen LogP contribution in [0.3, 0.4) is 0 Å². The van der Waals surface area contributed by atoms with Gasteiger partial charge in [-0.05, 0) is 38.5 Å². The molecule has 0 fully saturated rings. The quantitative estimate of drug-likeness (QED) is 0.643. The Morgan fingerprint density at radius 3 is 2.19 bits per heavy atom. The van der Waals surface area contributed by atoms with E-state index in [1.54, 1.807) is 20.8 Å². The van der Waals surface area contributed by atoms with Gasteiger partial charge in [0.25, 0.3) is 0 Å². The highest BCUT2D eigenvalue weighted by molar-refractivity contribution is 5.95. The number of benzene rings is 1. The van der Waals surface area contributed by atoms with E-state index in [9.17, 15) is 14.7 Å². The molecule has 0 radical (unpaired) electrons. The molecular weight excluding hydrogens is 272 g/mol. The van der Waals surface area contributed by atoms with E-state index in [0.717, 1.165) is 0 Å². The van der Waals surface area contributed by atoms with Crippen molar-refractivity contribution in [1.29, 1.82) is 5.26 Å². The van der Waals surface area contributed by atoms with Gasteiger partial charge in [0.05, 0.1) is 17.7 Å². The van der Waals surface area contributed by atoms with E-state index in [-0.39, 0.29) is 0 Å². The number of carbonyl (C=O) groups is 2. The van der Waals surface area contributed by atoms with E-state index in [2.05, 4.69) is 0 Å². The predicted molar refractivity (Wildman–Crippen MR) is 75.1 cm³/mol. The van der Waals surface area contributed by atoms with Crippen LogP contribution in [0.4, 0.5) is 0 Å². The van der Waals surface area contributed by atoms with Gasteiger partial charge in [0, 0.05) is 0 Å². The summed E-state index contributed by atoms with van der Waals surface area (Å²) in [7, 11) is 0. The van der Waals surface area contributed by atoms with Gasteiger partial charge >= 0.3 is 11.9 Å². The zero-order chi connectivity index (χ0) is 16.2. The fraction of sp³-hybridized carbons (Fsp3) is 0.400. The van der Waals surface area contributed by atoms with Crippen molar-refractivity contribution >= 4 is 11.9 Å². The first-order chi connectivity index (χ1) is 9.65. The Bertz CT molecular complexity index is 567. The Morgan fingerprint density at radius 2 is 1.81 bits per heavy atom. The SMILES string of the molecule is CC(C)(C)OC(=O)C(C(=O)O)C(N)c1ccc(C#N)cc1. The number of esters is 1. The summed E-state index contributed by atoms with van der Waals surface area (Å²) >= 11 is 0. The monoisotopic (exact) mass is 290 g/mol. The van der Waals surface area contributed by atoms with Crippen LogP contribution in [0, 0.1) is 17.2 Å². The molecular formula is C15H18N2O4. The van der Waals surface area contributed by atoms with E-state index in [1.165, 1.54) is 24.3 Å². The van der Waals surface area contributed by atoms with Crippen LogP contribution in [0.2, 0.25) is 0 Å². The molecule has 0 aliphatic rings. The molecule has 0 aliphatic carbocycles. The molecule has 1 aromatic carbocycles. The Hall–Kier alpha value is -2.39. The van der Waals surface area contributed by atoms with Crippen molar-refractivity contribution in [3.63, 3.8) is 0 Å². The molecule has 0 heterocycles. The van der Waals surface area contributed by atoms with Crippen LogP contribution in [0.5, 0.6) is 0 Å². The predicted octanol–water partition coefficient (Wildman–Crippen LogP) is 1.60. The highest BCUT2D eigenvalue weighted by Gasteiger charge is 2.37. The molecule has 0 aliphatic heterocycles. The molecule has 0 saturated heterocycles. The molecule has 0 spiro atoms. The molecule has 6 heteroatoms. The molecule has 21 heavy (non-hydrogen) atoms. The minimum Gasteiger partial charge on any atom is -0.481 e. The first kappa shape index (κ1) is 16.7. The van der Waals surface area contributed by atoms with Crippen LogP contribution in [-0.4, -0.2) is 22.6 Å². The average molecular weight is 290 g/mol. The van der Waals surface area contributed by atoms with Gasteiger partial charge < -0.3 is 15.6 Å². The summed E-state index contributed by atoms with van der Waals surface area (Å²) in [6, 6.07) is 7.00. The number of ether oxygens (including phenoxy) is 1. The van der Waals surface area contributed by atoms with Crippen LogP contribution >= 0.6 is 0 Å². The minimum absolute atomic E-state index is 0.426. The molecule has 6 nitrogen and oxygen atoms in total. The molecule has 0 saturated carbocycles. The van der Waals surface area contributed by atoms with E-state index >= 15 is 0 Å². The number of carbonyl (C=O) groups excluding carboxylic acids is 1. The van der Waals surface area contributed by atoms with Gasteiger partial charge in [0.1, 0.15) is 5.60 Å². The standard InChI is InChI=1S/C15H18N2O4/c1-15(2,3)21-14(20)11(13(18)19)12(17)10-6-4-9(8-16)5-7-10/h4-7,11-12H,17H2,1-3H3,(H,18,19). The molecule has 3 N–H and O–H groups in total. The molecule has 0 aromatic heterocycles. The van der Waals surface area contributed by atoms with Gasteiger partial charge in [0.15, 0.2) is 5.92 Å². The van der Waals surface area contributed by atoms with Gasteiger partial charge in [0.2, 0.25) is 0 Å². The zero-order valence-corrected chi connectivity index (χ0v) is 12.2. The number of nitriles is 1. The summed E-state index contributed by atoms with van der Waals surface area (Å²) in [5.74, 6) is -3.73. The van der Waals surface area contributed by atoms with Crippen molar-refractivity contribution in [3.05, 3.63) is 35.4 Å². The number of hydrogen-bond donors (Lipinski definition) is 2. The third kappa shape index (κ3) is 4.58. The van der Waals surface area contributed by atoms with Gasteiger partial charge in [-0.15, -0.1) is 0 Å². The maximum absolute atomic E-state index is 12.0. The fourth-order valence-corrected chi connectivity index (χ4v) is 1.74. The maximum atomic E-state index is 12.0. The van der Waals surface area contributed by atoms with E-state index in [1.807, 2.05) is 6.07 Å². The average Bonchev–Trinajstić information content (AvgIpc) is 2.36. The third-order valence-corrected chi connectivity index (χ3v) is 2.71. The molecule has 1 rings (SSSR count). The van der Waals surface area contributed by atoms with E-state index < -0.39 is 29.5 Å². The minimum atomic E-state index is -1.50. The summed E-state index contributed by atoms with van der Waals surface area (Å²) in [4.78, 5) is 23.3. The normalized spacial score (nSPS) is 13.9. The van der Waals surface area contributed by atoms with Gasteiger partial charge in [-0.1, -0.05) is 12.1 Å². The number of nitrogens with two attached hydrogens (primary N) is 1. The lowest BCUT2D eigenvalue weighted by Gasteiger charge is -2.25. The first-order valence-corrected chi connectivity index (χ1v) is 6.37. The van der Waals surface area contributed by atoms with Crippen molar-refractivity contribution in [3.8, 4) is 6.07 Å². The summed E-state index contributed by atoms with van der Waals surface area (Å²) in [6.45, 7) is 4.95. The van der Waals surface area contributed by atoms with Crippen LogP contribution in [0.15, 0.2) is 24.3 Å². The number of hydrogen-bond acceptors (Lipinski definition) is 5. The smallest absolute Gasteiger partial charge is 0.322 e. The van der Waals surface area contributed by atoms with Crippen LogP contribution in [0.25, 0.3) is 0 Å². The lowest BCUT2D eigenvalue weighted by molar-refractivity contribution is -0.167. The number of aliphatic carboxylic acids is 1. The summed E-state index contributed by atoms with van der Waals surface area (Å²) in [5.41, 5.74) is 5.97. The second kappa shape index (κ2) is 6.37. The van der Waals surface area contributed by atoms with Gasteiger partial charge in [-0.2, -0.15) is 5.26 Å². The van der Waals surface area contributed by atoms with Crippen LogP contribution in [0.1, 0.15) is 37.9 Å². The number of rotatable bonds is 4. The highest BCUT2D eigenvalue weighted by Crippen LogP contribution is 2.23. The zero-order valence-electron chi connectivity index (χ0n) is 12.2. The molecule has 1 aromatic rings. The Morgan fingerprint density at radius 1 is 1.29 bits per heavy atom. The van der Waals surface area contributed by atoms with E-state index in [0.29, 0.717) is 11.1 Å². The molecule has 0 amide bonds. The van der Waals surface area contributed by atoms with Crippen molar-refractivity contribution < 1.29 is 19.4 Å². The maximum Gasteiger partial charge on any atom is 0.322 e. The first-order valence-electron chi connectivity index (χ1n) is 6.37. The third-order valence-electron chi connectivity index (χ3n) is 2.71. The van der Waals surface area contributed by atoms with Crippen molar-refractivity contribution in [2.24, 2.45) is 11.7 Å². The van der Waals surface area contributed by atoms with Crippen molar-refractivity contribution in [2.45, 2.75) is 32.4 Å². The molecule has 2 unspecified atom stereocenters. The van der Waals surface area contributed by atoms with Crippen LogP contribution < -0.4 is 5.73 Å². The number of carboxylic acid groups (broad SMARTS) is 1. The Balaban J connectivity index is 3.02. The number of carboxylic acids is 1. The van der Waals surface area contributed by atoms with Gasteiger partial charge in [-0.25, -0.2) is 0 Å². The van der Waals surface area contributed by atoms with E-state index in [4.69, 9.17) is 15.7 Å². The second-order valence-corrected chi connectivity index (χ2v) is 5.61. The Kier molecular flexibility index (Phi) is 5.06. The highest BCUT2D eigenvalue weighted by atomic mass is 16.6. The second-order valence-electron chi connectivity index (χ2n) is 5.61. The summed E-state index contributed by atoms with van der Waals surface area (Å²) < 4.78 is 5.10. The summed E-state index contributed by atoms with van der Waals surface area (Å²) in [5, 5.41) is 18.0. The lowest BCUT2D eigenvalue weighted by atomic mass is 9.93. The van der Waals surface area contributed by atoms with Crippen LogP contribution in [-0.2, 0) is 14.3 Å². The van der Waals surface area contributed by atoms with Gasteiger partial charge in [-0.3, -0.25) is 9.59 Å². The fourth-order valence-electron chi connectivity index (χ4n) is 1.74. The lowest BCUT2D eigenvalue weighted by Crippen LogP contribution is -2.39. The Labute approximate surface area is 123 Å².